The molecule has 6 heteroatoms. The molecule has 20 heavy (non-hydrogen) atoms. The fourth-order valence-electron chi connectivity index (χ4n) is 1.99. The Kier molecular flexibility index (Phi) is 4.91. The Labute approximate surface area is 126 Å². The fraction of sp³-hybridized carbons (Fsp3) is 0.357. The summed E-state index contributed by atoms with van der Waals surface area (Å²) in [6.07, 6.45) is 2.55. The van der Waals surface area contributed by atoms with Gasteiger partial charge in [0, 0.05) is 18.7 Å². The van der Waals surface area contributed by atoms with Crippen molar-refractivity contribution in [1.29, 1.82) is 0 Å². The van der Waals surface area contributed by atoms with E-state index in [1.807, 2.05) is 23.0 Å². The molecule has 0 bridgehead atoms. The van der Waals surface area contributed by atoms with Crippen molar-refractivity contribution in [2.75, 3.05) is 0 Å². The van der Waals surface area contributed by atoms with Crippen molar-refractivity contribution in [2.24, 2.45) is 5.84 Å². The zero-order valence-corrected chi connectivity index (χ0v) is 13.1. The van der Waals surface area contributed by atoms with E-state index >= 15 is 0 Å². The summed E-state index contributed by atoms with van der Waals surface area (Å²) in [7, 11) is 0. The van der Waals surface area contributed by atoms with Gasteiger partial charge in [0.1, 0.15) is 5.82 Å². The minimum absolute atomic E-state index is 0.173. The molecule has 0 saturated heterocycles. The van der Waals surface area contributed by atoms with Gasteiger partial charge in [0.25, 0.3) is 0 Å². The van der Waals surface area contributed by atoms with Gasteiger partial charge in [-0.05, 0) is 53.5 Å². The Hall–Kier alpha value is -1.24. The number of nitrogens with one attached hydrogen (secondary N) is 1. The normalized spacial score (nSPS) is 12.9. The predicted molar refractivity (Wildman–Crippen MR) is 80.5 cm³/mol. The third kappa shape index (κ3) is 3.45. The van der Waals surface area contributed by atoms with Gasteiger partial charge in [0.15, 0.2) is 0 Å². The molecule has 3 N–H and O–H groups in total. The van der Waals surface area contributed by atoms with Gasteiger partial charge in [-0.15, -0.1) is 0 Å². The van der Waals surface area contributed by atoms with E-state index in [2.05, 4.69) is 40.3 Å². The highest BCUT2D eigenvalue weighted by Crippen LogP contribution is 2.22. The van der Waals surface area contributed by atoms with Gasteiger partial charge in [-0.3, -0.25) is 16.0 Å². The van der Waals surface area contributed by atoms with Crippen LogP contribution in [0, 0.1) is 5.82 Å². The summed E-state index contributed by atoms with van der Waals surface area (Å²) in [5.74, 6) is 5.29. The Morgan fingerprint density at radius 1 is 1.40 bits per heavy atom. The first-order valence-corrected chi connectivity index (χ1v) is 7.25. The second-order valence-electron chi connectivity index (χ2n) is 4.98. The molecule has 0 amide bonds. The molecule has 2 aromatic rings. The highest BCUT2D eigenvalue weighted by atomic mass is 79.9. The van der Waals surface area contributed by atoms with E-state index in [0.29, 0.717) is 16.9 Å². The van der Waals surface area contributed by atoms with Gasteiger partial charge in [0.2, 0.25) is 0 Å². The molecule has 0 radical (unpaired) electrons. The fourth-order valence-corrected chi connectivity index (χ4v) is 2.23. The molecule has 1 atom stereocenters. The van der Waals surface area contributed by atoms with Gasteiger partial charge >= 0.3 is 0 Å². The first-order chi connectivity index (χ1) is 9.51. The molecule has 1 aromatic heterocycles. The van der Waals surface area contributed by atoms with Crippen LogP contribution in [0.3, 0.4) is 0 Å². The summed E-state index contributed by atoms with van der Waals surface area (Å²) < 4.78 is 15.9. The Balaban J connectivity index is 2.17. The smallest absolute Gasteiger partial charge is 0.137 e. The van der Waals surface area contributed by atoms with Gasteiger partial charge < -0.3 is 0 Å². The molecule has 0 fully saturated rings. The molecule has 0 aliphatic rings. The van der Waals surface area contributed by atoms with E-state index in [-0.39, 0.29) is 11.9 Å². The van der Waals surface area contributed by atoms with Crippen molar-refractivity contribution < 1.29 is 4.39 Å². The van der Waals surface area contributed by atoms with E-state index in [9.17, 15) is 4.39 Å². The standard InChI is InChI=1S/C14H18BrFN4/c1-9(2)20-6-5-11(19-20)8-14(18-17)10-3-4-12(15)13(16)7-10/h3-7,9,14,18H,8,17H2,1-2H3. The van der Waals surface area contributed by atoms with E-state index < -0.39 is 0 Å². The number of hydrazine groups is 1. The first kappa shape index (κ1) is 15.2. The summed E-state index contributed by atoms with van der Waals surface area (Å²) >= 11 is 3.14. The Morgan fingerprint density at radius 2 is 2.15 bits per heavy atom. The van der Waals surface area contributed by atoms with E-state index in [1.165, 1.54) is 6.07 Å². The van der Waals surface area contributed by atoms with Crippen LogP contribution in [-0.2, 0) is 6.42 Å². The first-order valence-electron chi connectivity index (χ1n) is 6.46. The molecular weight excluding hydrogens is 323 g/mol. The number of nitrogens with two attached hydrogens (primary N) is 1. The van der Waals surface area contributed by atoms with Gasteiger partial charge in [0.05, 0.1) is 16.2 Å². The average Bonchev–Trinajstić information content (AvgIpc) is 2.88. The molecule has 0 aliphatic heterocycles. The predicted octanol–water partition coefficient (Wildman–Crippen LogP) is 3.11. The zero-order chi connectivity index (χ0) is 14.7. The van der Waals surface area contributed by atoms with Crippen LogP contribution in [0.2, 0.25) is 0 Å². The minimum Gasteiger partial charge on any atom is -0.271 e. The maximum absolute atomic E-state index is 13.6. The number of aromatic nitrogens is 2. The number of hydrogen-bond acceptors (Lipinski definition) is 3. The Bertz CT molecular complexity index is 582. The van der Waals surface area contributed by atoms with Crippen LogP contribution >= 0.6 is 15.9 Å². The number of halogens is 2. The number of benzene rings is 1. The highest BCUT2D eigenvalue weighted by Gasteiger charge is 2.14. The summed E-state index contributed by atoms with van der Waals surface area (Å²) in [6.45, 7) is 4.14. The van der Waals surface area contributed by atoms with Gasteiger partial charge in [-0.1, -0.05) is 6.07 Å². The van der Waals surface area contributed by atoms with Crippen molar-refractivity contribution in [3.05, 3.63) is 52.0 Å². The van der Waals surface area contributed by atoms with Crippen LogP contribution in [0.1, 0.15) is 37.2 Å². The van der Waals surface area contributed by atoms with E-state index in [0.717, 1.165) is 11.3 Å². The molecule has 2 rings (SSSR count). The lowest BCUT2D eigenvalue weighted by Crippen LogP contribution is -2.29. The maximum Gasteiger partial charge on any atom is 0.137 e. The van der Waals surface area contributed by atoms with Crippen molar-refractivity contribution in [1.82, 2.24) is 15.2 Å². The van der Waals surface area contributed by atoms with Crippen molar-refractivity contribution >= 4 is 15.9 Å². The third-order valence-electron chi connectivity index (χ3n) is 3.15. The second-order valence-corrected chi connectivity index (χ2v) is 5.83. The van der Waals surface area contributed by atoms with Crippen LogP contribution in [0.15, 0.2) is 34.9 Å². The number of rotatable bonds is 5. The molecule has 1 heterocycles. The SMILES string of the molecule is CC(C)n1ccc(CC(NN)c2ccc(Br)c(F)c2)n1. The van der Waals surface area contributed by atoms with Gasteiger partial charge in [-0.25, -0.2) is 4.39 Å². The largest absolute Gasteiger partial charge is 0.271 e. The molecule has 0 aliphatic carbocycles. The zero-order valence-electron chi connectivity index (χ0n) is 11.5. The number of nitrogens with zero attached hydrogens (tertiary/aromatic N) is 2. The van der Waals surface area contributed by atoms with Crippen molar-refractivity contribution in [2.45, 2.75) is 32.4 Å². The van der Waals surface area contributed by atoms with Crippen LogP contribution in [0.5, 0.6) is 0 Å². The van der Waals surface area contributed by atoms with Crippen LogP contribution in [0.25, 0.3) is 0 Å². The molecule has 0 saturated carbocycles. The monoisotopic (exact) mass is 340 g/mol. The highest BCUT2D eigenvalue weighted by molar-refractivity contribution is 9.10. The quantitative estimate of drug-likeness (QED) is 0.649. The summed E-state index contributed by atoms with van der Waals surface area (Å²) in [6, 6.07) is 7.11. The summed E-state index contributed by atoms with van der Waals surface area (Å²) in [5.41, 5.74) is 4.44. The molecule has 0 spiro atoms. The van der Waals surface area contributed by atoms with E-state index in [1.54, 1.807) is 6.07 Å². The third-order valence-corrected chi connectivity index (χ3v) is 3.80. The van der Waals surface area contributed by atoms with E-state index in [4.69, 9.17) is 5.84 Å². The average molecular weight is 341 g/mol. The number of hydrogen-bond donors (Lipinski definition) is 2. The second kappa shape index (κ2) is 6.47. The molecular formula is C14H18BrFN4. The Morgan fingerprint density at radius 3 is 2.70 bits per heavy atom. The summed E-state index contributed by atoms with van der Waals surface area (Å²) in [4.78, 5) is 0. The molecule has 4 nitrogen and oxygen atoms in total. The van der Waals surface area contributed by atoms with Crippen LogP contribution < -0.4 is 11.3 Å². The van der Waals surface area contributed by atoms with Gasteiger partial charge in [-0.2, -0.15) is 5.10 Å². The van der Waals surface area contributed by atoms with Crippen LogP contribution in [-0.4, -0.2) is 9.78 Å². The van der Waals surface area contributed by atoms with Crippen molar-refractivity contribution in [3.63, 3.8) is 0 Å². The van der Waals surface area contributed by atoms with Crippen LogP contribution in [0.4, 0.5) is 4.39 Å². The summed E-state index contributed by atoms with van der Waals surface area (Å²) in [5, 5.41) is 4.48. The molecule has 1 aromatic carbocycles. The molecule has 1 unspecified atom stereocenters. The minimum atomic E-state index is -0.296. The lowest BCUT2D eigenvalue weighted by molar-refractivity contribution is 0.505. The topological polar surface area (TPSA) is 55.9 Å². The lowest BCUT2D eigenvalue weighted by atomic mass is 10.0. The molecule has 108 valence electrons. The lowest BCUT2D eigenvalue weighted by Gasteiger charge is -2.15. The maximum atomic E-state index is 13.6. The van der Waals surface area contributed by atoms with Crippen molar-refractivity contribution in [3.8, 4) is 0 Å².